The molecule has 72 valence electrons. The van der Waals surface area contributed by atoms with E-state index < -0.39 is 0 Å². The third kappa shape index (κ3) is 3.03. The molecule has 0 aliphatic carbocycles. The third-order valence-electron chi connectivity index (χ3n) is 2.00. The van der Waals surface area contributed by atoms with Crippen molar-refractivity contribution < 1.29 is 4.79 Å². The molecule has 0 aromatic heterocycles. The van der Waals surface area contributed by atoms with Crippen LogP contribution in [0.4, 0.5) is 0 Å². The van der Waals surface area contributed by atoms with Crippen molar-refractivity contribution in [1.82, 2.24) is 10.6 Å². The van der Waals surface area contributed by atoms with Crippen molar-refractivity contribution in [3.05, 3.63) is 24.4 Å². The van der Waals surface area contributed by atoms with Gasteiger partial charge in [-0.05, 0) is 19.8 Å². The summed E-state index contributed by atoms with van der Waals surface area (Å²) >= 11 is 0. The maximum atomic E-state index is 11.4. The molecular weight excluding hydrogens is 164 g/mol. The van der Waals surface area contributed by atoms with Crippen molar-refractivity contribution in [2.75, 3.05) is 6.54 Å². The van der Waals surface area contributed by atoms with Gasteiger partial charge in [0.05, 0.1) is 6.04 Å². The molecule has 1 amide bonds. The fourth-order valence-electron chi connectivity index (χ4n) is 1.27. The number of hydrogen-bond acceptors (Lipinski definition) is 2. The van der Waals surface area contributed by atoms with Crippen LogP contribution >= 0.6 is 0 Å². The summed E-state index contributed by atoms with van der Waals surface area (Å²) < 4.78 is 0. The zero-order valence-electron chi connectivity index (χ0n) is 8.02. The van der Waals surface area contributed by atoms with E-state index in [9.17, 15) is 4.79 Å². The van der Waals surface area contributed by atoms with E-state index in [1.54, 1.807) is 0 Å². The molecule has 13 heavy (non-hydrogen) atoms. The molecule has 1 saturated heterocycles. The lowest BCUT2D eigenvalue weighted by molar-refractivity contribution is -0.123. The van der Waals surface area contributed by atoms with Crippen LogP contribution in [0.5, 0.6) is 0 Å². The van der Waals surface area contributed by atoms with E-state index in [2.05, 4.69) is 23.8 Å². The predicted molar refractivity (Wildman–Crippen MR) is 53.1 cm³/mol. The van der Waals surface area contributed by atoms with Gasteiger partial charge in [-0.15, -0.1) is 0 Å². The number of amides is 1. The highest BCUT2D eigenvalue weighted by Gasteiger charge is 2.22. The van der Waals surface area contributed by atoms with Crippen LogP contribution in [0, 0.1) is 0 Å². The van der Waals surface area contributed by atoms with Crippen molar-refractivity contribution in [2.24, 2.45) is 0 Å². The zero-order chi connectivity index (χ0) is 9.84. The number of hydrogen-bond donors (Lipinski definition) is 2. The predicted octanol–water partition coefficient (Wildman–Crippen LogP) is 0.944. The van der Waals surface area contributed by atoms with Crippen molar-refractivity contribution in [3.63, 3.8) is 0 Å². The fraction of sp³-hybridized carbons (Fsp3) is 0.500. The van der Waals surface area contributed by atoms with Gasteiger partial charge in [0, 0.05) is 12.2 Å². The maximum absolute atomic E-state index is 11.4. The van der Waals surface area contributed by atoms with E-state index in [1.165, 1.54) is 0 Å². The monoisotopic (exact) mass is 180 g/mol. The van der Waals surface area contributed by atoms with Crippen LogP contribution in [0.3, 0.4) is 0 Å². The summed E-state index contributed by atoms with van der Waals surface area (Å²) in [6.07, 6.45) is 1.69. The first kappa shape index (κ1) is 9.99. The van der Waals surface area contributed by atoms with Gasteiger partial charge in [0.1, 0.15) is 0 Å². The van der Waals surface area contributed by atoms with Crippen LogP contribution in [0.2, 0.25) is 0 Å². The van der Waals surface area contributed by atoms with Crippen LogP contribution in [-0.4, -0.2) is 18.5 Å². The minimum atomic E-state index is -0.0813. The van der Waals surface area contributed by atoms with Crippen LogP contribution in [0.1, 0.15) is 19.8 Å². The molecule has 0 saturated carbocycles. The first-order valence-corrected chi connectivity index (χ1v) is 4.46. The molecule has 0 aromatic rings. The van der Waals surface area contributed by atoms with E-state index in [-0.39, 0.29) is 11.9 Å². The lowest BCUT2D eigenvalue weighted by Gasteiger charge is -2.24. The van der Waals surface area contributed by atoms with E-state index >= 15 is 0 Å². The number of rotatable bonds is 3. The normalized spacial score (nSPS) is 22.7. The van der Waals surface area contributed by atoms with Crippen molar-refractivity contribution in [3.8, 4) is 0 Å². The molecule has 0 spiro atoms. The topological polar surface area (TPSA) is 41.1 Å². The van der Waals surface area contributed by atoms with Crippen molar-refractivity contribution in [2.45, 2.75) is 25.8 Å². The highest BCUT2D eigenvalue weighted by molar-refractivity contribution is 5.84. The Balaban J connectivity index is 2.38. The van der Waals surface area contributed by atoms with Gasteiger partial charge < -0.3 is 10.6 Å². The van der Waals surface area contributed by atoms with Gasteiger partial charge in [0.25, 0.3) is 0 Å². The molecule has 1 fully saturated rings. The van der Waals surface area contributed by atoms with E-state index in [1.807, 2.05) is 6.92 Å². The largest absolute Gasteiger partial charge is 0.329 e. The minimum absolute atomic E-state index is 0.0255. The molecule has 0 radical (unpaired) electrons. The molecule has 1 aliphatic heterocycles. The van der Waals surface area contributed by atoms with Gasteiger partial charge in [-0.2, -0.15) is 0 Å². The Kier molecular flexibility index (Phi) is 3.25. The Hall–Kier alpha value is -1.09. The molecule has 3 nitrogen and oxygen atoms in total. The first-order chi connectivity index (χ1) is 6.09. The number of piperidine rings is 1. The molecule has 1 rings (SSSR count). The molecular formula is C10H16N2O. The second-order valence-electron chi connectivity index (χ2n) is 3.52. The Labute approximate surface area is 78.9 Å². The smallest absolute Gasteiger partial charge is 0.241 e. The summed E-state index contributed by atoms with van der Waals surface area (Å²) in [5.41, 5.74) is 1.86. The van der Waals surface area contributed by atoms with Crippen LogP contribution in [-0.2, 0) is 4.79 Å². The van der Waals surface area contributed by atoms with E-state index in [4.69, 9.17) is 0 Å². The lowest BCUT2D eigenvalue weighted by atomic mass is 10.0. The summed E-state index contributed by atoms with van der Waals surface area (Å²) in [7, 11) is 0. The third-order valence-corrected chi connectivity index (χ3v) is 2.00. The Morgan fingerprint density at radius 3 is 3.00 bits per heavy atom. The molecule has 1 heterocycles. The van der Waals surface area contributed by atoms with Gasteiger partial charge in [-0.3, -0.25) is 4.79 Å². The van der Waals surface area contributed by atoms with Gasteiger partial charge in [-0.25, -0.2) is 0 Å². The SMILES string of the molecule is C=C(C)CNC1CCC(=C)NC1=O. The number of nitrogens with one attached hydrogen (secondary N) is 2. The van der Waals surface area contributed by atoms with E-state index in [0.29, 0.717) is 6.54 Å². The number of carbonyl (C=O) groups is 1. The second-order valence-corrected chi connectivity index (χ2v) is 3.52. The Morgan fingerprint density at radius 1 is 1.77 bits per heavy atom. The van der Waals surface area contributed by atoms with Crippen LogP contribution in [0.25, 0.3) is 0 Å². The molecule has 0 aromatic carbocycles. The summed E-state index contributed by atoms with van der Waals surface area (Å²) in [4.78, 5) is 11.4. The van der Waals surface area contributed by atoms with Gasteiger partial charge in [0.15, 0.2) is 0 Å². The average Bonchev–Trinajstić information content (AvgIpc) is 2.02. The maximum Gasteiger partial charge on any atom is 0.241 e. The van der Waals surface area contributed by atoms with Crippen LogP contribution < -0.4 is 10.6 Å². The Morgan fingerprint density at radius 2 is 2.46 bits per heavy atom. The van der Waals surface area contributed by atoms with Gasteiger partial charge >= 0.3 is 0 Å². The number of carbonyl (C=O) groups excluding carboxylic acids is 1. The van der Waals surface area contributed by atoms with Crippen LogP contribution in [0.15, 0.2) is 24.4 Å². The van der Waals surface area contributed by atoms with Gasteiger partial charge in [-0.1, -0.05) is 18.7 Å². The molecule has 1 aliphatic rings. The molecule has 0 bridgehead atoms. The summed E-state index contributed by atoms with van der Waals surface area (Å²) in [5, 5.41) is 5.87. The zero-order valence-corrected chi connectivity index (χ0v) is 8.02. The Bertz CT molecular complexity index is 245. The molecule has 1 unspecified atom stereocenters. The summed E-state index contributed by atoms with van der Waals surface area (Å²) in [6, 6.07) is -0.0813. The molecule has 2 N–H and O–H groups in total. The van der Waals surface area contributed by atoms with E-state index in [0.717, 1.165) is 24.1 Å². The molecule has 3 heteroatoms. The molecule has 1 atom stereocenters. The highest BCUT2D eigenvalue weighted by atomic mass is 16.2. The first-order valence-electron chi connectivity index (χ1n) is 4.46. The van der Waals surface area contributed by atoms with Crippen molar-refractivity contribution in [1.29, 1.82) is 0 Å². The standard InChI is InChI=1S/C10H16N2O/c1-7(2)6-11-9-5-4-8(3)12-10(9)13/h9,11H,1,3-6H2,2H3,(H,12,13). The quantitative estimate of drug-likeness (QED) is 0.635. The fourth-order valence-corrected chi connectivity index (χ4v) is 1.27. The summed E-state index contributed by atoms with van der Waals surface area (Å²) in [6.45, 7) is 10.1. The lowest BCUT2D eigenvalue weighted by Crippen LogP contribution is -2.47. The average molecular weight is 180 g/mol. The summed E-state index contributed by atoms with van der Waals surface area (Å²) in [5.74, 6) is 0.0255. The minimum Gasteiger partial charge on any atom is -0.329 e. The second kappa shape index (κ2) is 4.23. The number of allylic oxidation sites excluding steroid dienone is 1. The van der Waals surface area contributed by atoms with Gasteiger partial charge in [0.2, 0.25) is 5.91 Å². The highest BCUT2D eigenvalue weighted by Crippen LogP contribution is 2.10. The van der Waals surface area contributed by atoms with Crippen molar-refractivity contribution >= 4 is 5.91 Å².